The molecule has 0 aromatic heterocycles. The average Bonchev–Trinajstić information content (AvgIpc) is 2.88. The SMILES string of the molecule is CCCNC(=O)CCNC(=NC)NC1CCCC1.I. The van der Waals surface area contributed by atoms with Crippen molar-refractivity contribution in [2.45, 2.75) is 51.5 Å². The van der Waals surface area contributed by atoms with Gasteiger partial charge in [-0.3, -0.25) is 9.79 Å². The van der Waals surface area contributed by atoms with Gasteiger partial charge in [0.1, 0.15) is 0 Å². The van der Waals surface area contributed by atoms with Gasteiger partial charge in [0, 0.05) is 32.6 Å². The topological polar surface area (TPSA) is 65.5 Å². The van der Waals surface area contributed by atoms with Crippen molar-refractivity contribution in [3.05, 3.63) is 0 Å². The number of amides is 1. The Bertz CT molecular complexity index is 278. The van der Waals surface area contributed by atoms with Crippen molar-refractivity contribution >= 4 is 35.8 Å². The summed E-state index contributed by atoms with van der Waals surface area (Å²) in [5.74, 6) is 0.908. The smallest absolute Gasteiger partial charge is 0.221 e. The van der Waals surface area contributed by atoms with Gasteiger partial charge in [-0.2, -0.15) is 0 Å². The highest BCUT2D eigenvalue weighted by molar-refractivity contribution is 14.0. The molecule has 1 fully saturated rings. The number of hydrogen-bond acceptors (Lipinski definition) is 2. The molecule has 0 atom stereocenters. The van der Waals surface area contributed by atoms with E-state index in [1.165, 1.54) is 25.7 Å². The molecule has 1 rings (SSSR count). The Labute approximate surface area is 133 Å². The molecule has 0 radical (unpaired) electrons. The molecule has 0 spiro atoms. The molecule has 6 heteroatoms. The Morgan fingerprint density at radius 2 is 1.89 bits per heavy atom. The molecule has 0 aromatic rings. The van der Waals surface area contributed by atoms with Gasteiger partial charge in [0.2, 0.25) is 5.91 Å². The van der Waals surface area contributed by atoms with Gasteiger partial charge in [0.15, 0.2) is 5.96 Å². The normalized spacial score (nSPS) is 15.8. The Kier molecular flexibility index (Phi) is 11.0. The van der Waals surface area contributed by atoms with Crippen molar-refractivity contribution in [2.24, 2.45) is 4.99 Å². The molecule has 0 unspecified atom stereocenters. The first-order chi connectivity index (χ1) is 8.76. The fraction of sp³-hybridized carbons (Fsp3) is 0.846. The number of guanidine groups is 1. The number of rotatable bonds is 6. The molecule has 0 saturated heterocycles. The predicted octanol–water partition coefficient (Wildman–Crippen LogP) is 1.63. The molecule has 1 amide bonds. The monoisotopic (exact) mass is 382 g/mol. The van der Waals surface area contributed by atoms with E-state index < -0.39 is 0 Å². The number of carbonyl (C=O) groups is 1. The van der Waals surface area contributed by atoms with E-state index in [2.05, 4.69) is 20.9 Å². The van der Waals surface area contributed by atoms with E-state index in [0.717, 1.165) is 18.9 Å². The highest BCUT2D eigenvalue weighted by atomic mass is 127. The molecular formula is C13H27IN4O. The summed E-state index contributed by atoms with van der Waals surface area (Å²) >= 11 is 0. The van der Waals surface area contributed by atoms with Gasteiger partial charge >= 0.3 is 0 Å². The molecule has 1 saturated carbocycles. The van der Waals surface area contributed by atoms with Crippen molar-refractivity contribution in [3.63, 3.8) is 0 Å². The zero-order valence-corrected chi connectivity index (χ0v) is 14.3. The number of nitrogens with one attached hydrogen (secondary N) is 3. The van der Waals surface area contributed by atoms with Crippen LogP contribution in [0.25, 0.3) is 0 Å². The third kappa shape index (κ3) is 8.28. The number of nitrogens with zero attached hydrogens (tertiary/aromatic N) is 1. The second-order valence-electron chi connectivity index (χ2n) is 4.72. The molecule has 1 aliphatic rings. The molecule has 0 bridgehead atoms. The molecule has 0 aromatic carbocycles. The largest absolute Gasteiger partial charge is 0.356 e. The molecule has 3 N–H and O–H groups in total. The van der Waals surface area contributed by atoms with Crippen molar-refractivity contribution in [3.8, 4) is 0 Å². The Balaban J connectivity index is 0.00000324. The lowest BCUT2D eigenvalue weighted by Gasteiger charge is -2.16. The van der Waals surface area contributed by atoms with Gasteiger partial charge in [0.05, 0.1) is 0 Å². The quantitative estimate of drug-likeness (QED) is 0.372. The lowest BCUT2D eigenvalue weighted by atomic mass is 10.2. The second kappa shape index (κ2) is 11.3. The van der Waals surface area contributed by atoms with Crippen LogP contribution in [0.2, 0.25) is 0 Å². The van der Waals surface area contributed by atoms with Crippen LogP contribution in [0.4, 0.5) is 0 Å². The van der Waals surface area contributed by atoms with Gasteiger partial charge < -0.3 is 16.0 Å². The summed E-state index contributed by atoms with van der Waals surface area (Å²) < 4.78 is 0. The Morgan fingerprint density at radius 3 is 2.47 bits per heavy atom. The van der Waals surface area contributed by atoms with Crippen molar-refractivity contribution < 1.29 is 4.79 Å². The Hall–Kier alpha value is -0.530. The molecule has 1 aliphatic carbocycles. The molecule has 19 heavy (non-hydrogen) atoms. The zero-order chi connectivity index (χ0) is 13.2. The minimum atomic E-state index is 0. The van der Waals surface area contributed by atoms with E-state index in [4.69, 9.17) is 0 Å². The van der Waals surface area contributed by atoms with E-state index >= 15 is 0 Å². The minimum absolute atomic E-state index is 0. The van der Waals surface area contributed by atoms with Crippen LogP contribution in [-0.2, 0) is 4.79 Å². The summed E-state index contributed by atoms with van der Waals surface area (Å²) in [6.07, 6.45) is 6.51. The standard InChI is InChI=1S/C13H26N4O.HI/c1-3-9-15-12(18)8-10-16-13(14-2)17-11-6-4-5-7-11;/h11H,3-10H2,1-2H3,(H,15,18)(H2,14,16,17);1H. The summed E-state index contributed by atoms with van der Waals surface area (Å²) in [6.45, 7) is 3.43. The van der Waals surface area contributed by atoms with E-state index in [-0.39, 0.29) is 29.9 Å². The van der Waals surface area contributed by atoms with Crippen molar-refractivity contribution in [2.75, 3.05) is 20.1 Å². The van der Waals surface area contributed by atoms with Crippen LogP contribution in [0.15, 0.2) is 4.99 Å². The average molecular weight is 382 g/mol. The van der Waals surface area contributed by atoms with Gasteiger partial charge in [-0.15, -0.1) is 24.0 Å². The van der Waals surface area contributed by atoms with Crippen LogP contribution >= 0.6 is 24.0 Å². The van der Waals surface area contributed by atoms with Crippen LogP contribution < -0.4 is 16.0 Å². The fourth-order valence-corrected chi connectivity index (χ4v) is 2.11. The van der Waals surface area contributed by atoms with Gasteiger partial charge in [-0.1, -0.05) is 19.8 Å². The molecule has 0 heterocycles. The first-order valence-electron chi connectivity index (χ1n) is 7.00. The summed E-state index contributed by atoms with van der Waals surface area (Å²) in [5.41, 5.74) is 0. The third-order valence-electron chi connectivity index (χ3n) is 3.14. The summed E-state index contributed by atoms with van der Waals surface area (Å²) in [6, 6.07) is 0.546. The first-order valence-corrected chi connectivity index (χ1v) is 7.00. The van der Waals surface area contributed by atoms with E-state index in [1.54, 1.807) is 7.05 Å². The number of carbonyl (C=O) groups excluding carboxylic acids is 1. The molecule has 5 nitrogen and oxygen atoms in total. The maximum Gasteiger partial charge on any atom is 0.221 e. The van der Waals surface area contributed by atoms with Crippen molar-refractivity contribution in [1.29, 1.82) is 0 Å². The lowest BCUT2D eigenvalue weighted by molar-refractivity contribution is -0.120. The van der Waals surface area contributed by atoms with Gasteiger partial charge in [-0.05, 0) is 19.3 Å². The Morgan fingerprint density at radius 1 is 1.21 bits per heavy atom. The first kappa shape index (κ1) is 18.5. The minimum Gasteiger partial charge on any atom is -0.356 e. The zero-order valence-electron chi connectivity index (χ0n) is 12.0. The predicted molar refractivity (Wildman–Crippen MR) is 90.1 cm³/mol. The highest BCUT2D eigenvalue weighted by Crippen LogP contribution is 2.17. The number of halogens is 1. The van der Waals surface area contributed by atoms with Crippen LogP contribution in [0.5, 0.6) is 0 Å². The van der Waals surface area contributed by atoms with E-state index in [9.17, 15) is 4.79 Å². The van der Waals surface area contributed by atoms with Crippen LogP contribution in [0.3, 0.4) is 0 Å². The van der Waals surface area contributed by atoms with E-state index in [1.807, 2.05) is 6.92 Å². The molecule has 0 aliphatic heterocycles. The lowest BCUT2D eigenvalue weighted by Crippen LogP contribution is -2.43. The van der Waals surface area contributed by atoms with Gasteiger partial charge in [-0.25, -0.2) is 0 Å². The summed E-state index contributed by atoms with van der Waals surface area (Å²) in [4.78, 5) is 15.6. The maximum absolute atomic E-state index is 11.4. The second-order valence-corrected chi connectivity index (χ2v) is 4.72. The summed E-state index contributed by atoms with van der Waals surface area (Å²) in [5, 5.41) is 9.43. The number of aliphatic imine (C=N–C) groups is 1. The van der Waals surface area contributed by atoms with E-state index in [0.29, 0.717) is 19.0 Å². The van der Waals surface area contributed by atoms with Crippen LogP contribution in [0.1, 0.15) is 45.4 Å². The molecular weight excluding hydrogens is 355 g/mol. The highest BCUT2D eigenvalue weighted by Gasteiger charge is 2.15. The third-order valence-corrected chi connectivity index (χ3v) is 3.14. The van der Waals surface area contributed by atoms with Crippen LogP contribution in [-0.4, -0.2) is 38.0 Å². The molecule has 112 valence electrons. The summed E-state index contributed by atoms with van der Waals surface area (Å²) in [7, 11) is 1.77. The number of hydrogen-bond donors (Lipinski definition) is 3. The van der Waals surface area contributed by atoms with Gasteiger partial charge in [0.25, 0.3) is 0 Å². The van der Waals surface area contributed by atoms with Crippen molar-refractivity contribution in [1.82, 2.24) is 16.0 Å². The van der Waals surface area contributed by atoms with Crippen LogP contribution in [0, 0.1) is 0 Å². The fourth-order valence-electron chi connectivity index (χ4n) is 2.11. The maximum atomic E-state index is 11.4.